The largest absolute Gasteiger partial charge is 0.490 e. The molecule has 7 nitrogen and oxygen atoms in total. The summed E-state index contributed by atoms with van der Waals surface area (Å²) in [6.07, 6.45) is 6.98. The van der Waals surface area contributed by atoms with Crippen molar-refractivity contribution in [2.24, 2.45) is 5.92 Å². The Morgan fingerprint density at radius 2 is 1.92 bits per heavy atom. The molecule has 11 heteroatoms. The molecule has 1 fully saturated rings. The normalized spacial score (nSPS) is 14.3. The second-order valence-corrected chi connectivity index (χ2v) is 10.5. The maximum absolute atomic E-state index is 15.2. The van der Waals surface area contributed by atoms with Crippen LogP contribution in [0.3, 0.4) is 0 Å². The van der Waals surface area contributed by atoms with E-state index in [2.05, 4.69) is 10.3 Å². The fourth-order valence-electron chi connectivity index (χ4n) is 4.20. The molecule has 38 heavy (non-hydrogen) atoms. The van der Waals surface area contributed by atoms with Crippen LogP contribution in [0, 0.1) is 11.7 Å². The van der Waals surface area contributed by atoms with Crippen molar-refractivity contribution in [1.82, 2.24) is 4.98 Å². The van der Waals surface area contributed by atoms with Gasteiger partial charge in [0.1, 0.15) is 0 Å². The number of ether oxygens (including phenoxy) is 2. The van der Waals surface area contributed by atoms with E-state index in [1.165, 1.54) is 44.6 Å². The first-order valence-corrected chi connectivity index (χ1v) is 13.6. The van der Waals surface area contributed by atoms with Crippen molar-refractivity contribution in [3.63, 3.8) is 0 Å². The van der Waals surface area contributed by atoms with Crippen molar-refractivity contribution in [3.8, 4) is 17.0 Å². The van der Waals surface area contributed by atoms with Crippen molar-refractivity contribution in [1.29, 1.82) is 0 Å². The Morgan fingerprint density at radius 3 is 2.58 bits per heavy atom. The van der Waals surface area contributed by atoms with E-state index in [0.717, 1.165) is 24.2 Å². The van der Waals surface area contributed by atoms with Crippen LogP contribution in [0.1, 0.15) is 48.0 Å². The number of amides is 1. The lowest BCUT2D eigenvalue weighted by Gasteiger charge is -2.22. The first-order valence-electron chi connectivity index (χ1n) is 11.9. The molecular formula is C27H25Cl2FN2O5S. The summed E-state index contributed by atoms with van der Waals surface area (Å²) in [4.78, 5) is 28.4. The molecule has 2 N–H and O–H groups in total. The number of methoxy groups -OCH3 is 1. The van der Waals surface area contributed by atoms with Gasteiger partial charge in [-0.2, -0.15) is 0 Å². The summed E-state index contributed by atoms with van der Waals surface area (Å²) in [5.41, 5.74) is 0.968. The van der Waals surface area contributed by atoms with Crippen LogP contribution in [0.5, 0.6) is 5.75 Å². The number of anilines is 1. The molecule has 3 aromatic rings. The molecule has 1 amide bonds. The highest BCUT2D eigenvalue weighted by Crippen LogP contribution is 2.33. The third-order valence-electron chi connectivity index (χ3n) is 6.21. The van der Waals surface area contributed by atoms with Gasteiger partial charge in [-0.1, -0.05) is 48.5 Å². The van der Waals surface area contributed by atoms with Crippen molar-refractivity contribution in [2.75, 3.05) is 19.0 Å². The first kappa shape index (κ1) is 27.9. The van der Waals surface area contributed by atoms with E-state index in [0.29, 0.717) is 18.2 Å². The summed E-state index contributed by atoms with van der Waals surface area (Å²) in [7, 11) is 1.21. The number of benzene rings is 2. The van der Waals surface area contributed by atoms with E-state index in [1.807, 2.05) is 0 Å². The average Bonchev–Trinajstić information content (AvgIpc) is 3.36. The Morgan fingerprint density at radius 1 is 1.21 bits per heavy atom. The standard InChI is InChI=1S/C27H25Cl2FN2O5S/c1-36-23(26(34)35)12-18-19(28)10-16(11-20(18)29)25(33)32-27-31-21(14-38-27)17-8-5-9-22(24(17)30)37-13-15-6-3-2-4-7-15/h5,8-12,14-15H,2-4,6-7,13H2,1H3,(H,34,35)(H,31,32,33). The number of carbonyl (C=O) groups is 2. The lowest BCUT2D eigenvalue weighted by molar-refractivity contribution is -0.135. The SMILES string of the molecule is COC(=Cc1c(Cl)cc(C(=O)Nc2nc(-c3cccc(OCC4CCCCC4)c3F)cs2)cc1Cl)C(=O)O. The zero-order chi connectivity index (χ0) is 27.2. The minimum Gasteiger partial charge on any atom is -0.490 e. The zero-order valence-electron chi connectivity index (χ0n) is 20.4. The predicted octanol–water partition coefficient (Wildman–Crippen LogP) is 7.54. The number of hydrogen-bond acceptors (Lipinski definition) is 6. The van der Waals surface area contributed by atoms with E-state index >= 15 is 4.39 Å². The fourth-order valence-corrected chi connectivity index (χ4v) is 5.50. The van der Waals surface area contributed by atoms with E-state index < -0.39 is 17.7 Å². The smallest absolute Gasteiger partial charge is 0.371 e. The summed E-state index contributed by atoms with van der Waals surface area (Å²) in [6, 6.07) is 7.64. The average molecular weight is 579 g/mol. The highest BCUT2D eigenvalue weighted by molar-refractivity contribution is 7.14. The molecule has 1 aliphatic rings. The molecule has 0 bridgehead atoms. The van der Waals surface area contributed by atoms with Gasteiger partial charge in [0.15, 0.2) is 16.7 Å². The van der Waals surface area contributed by atoms with Crippen LogP contribution in [0.4, 0.5) is 9.52 Å². The Bertz CT molecular complexity index is 1350. The monoisotopic (exact) mass is 578 g/mol. The van der Waals surface area contributed by atoms with Crippen LogP contribution in [-0.4, -0.2) is 35.7 Å². The molecule has 0 spiro atoms. The Hall–Kier alpha value is -3.14. The van der Waals surface area contributed by atoms with Crippen molar-refractivity contribution in [3.05, 3.63) is 68.5 Å². The molecule has 0 aliphatic heterocycles. The number of carboxylic acids is 1. The lowest BCUT2D eigenvalue weighted by atomic mass is 9.90. The van der Waals surface area contributed by atoms with Gasteiger partial charge < -0.3 is 14.6 Å². The number of nitrogens with zero attached hydrogens (tertiary/aromatic N) is 1. The molecular weight excluding hydrogens is 554 g/mol. The lowest BCUT2D eigenvalue weighted by Crippen LogP contribution is -2.15. The van der Waals surface area contributed by atoms with Crippen molar-refractivity contribution < 1.29 is 28.6 Å². The number of hydrogen-bond donors (Lipinski definition) is 2. The Labute approximate surface area is 233 Å². The van der Waals surface area contributed by atoms with E-state index in [1.54, 1.807) is 23.6 Å². The second kappa shape index (κ2) is 12.6. The van der Waals surface area contributed by atoms with Gasteiger partial charge in [0.05, 0.1) is 29.5 Å². The van der Waals surface area contributed by atoms with Gasteiger partial charge in [-0.25, -0.2) is 14.2 Å². The van der Waals surface area contributed by atoms with E-state index in [9.17, 15) is 9.59 Å². The summed E-state index contributed by atoms with van der Waals surface area (Å²) in [6.45, 7) is 0.488. The van der Waals surface area contributed by atoms with Crippen LogP contribution in [0.25, 0.3) is 17.3 Å². The minimum atomic E-state index is -1.29. The minimum absolute atomic E-state index is 0.0605. The molecule has 200 valence electrons. The van der Waals surface area contributed by atoms with Crippen molar-refractivity contribution in [2.45, 2.75) is 32.1 Å². The molecule has 0 atom stereocenters. The van der Waals surface area contributed by atoms with Gasteiger partial charge in [0, 0.05) is 22.1 Å². The van der Waals surface area contributed by atoms with Gasteiger partial charge in [0.25, 0.3) is 5.91 Å². The van der Waals surface area contributed by atoms with Gasteiger partial charge in [0.2, 0.25) is 5.76 Å². The van der Waals surface area contributed by atoms with Crippen LogP contribution in [0.15, 0.2) is 41.5 Å². The number of carboxylic acid groups (broad SMARTS) is 1. The highest BCUT2D eigenvalue weighted by atomic mass is 35.5. The third-order valence-corrected chi connectivity index (χ3v) is 7.59. The molecule has 0 radical (unpaired) electrons. The maximum Gasteiger partial charge on any atom is 0.371 e. The quantitative estimate of drug-likeness (QED) is 0.201. The van der Waals surface area contributed by atoms with Crippen molar-refractivity contribution >= 4 is 57.6 Å². The van der Waals surface area contributed by atoms with Crippen LogP contribution < -0.4 is 10.1 Å². The maximum atomic E-state index is 15.2. The first-order chi connectivity index (χ1) is 18.3. The Balaban J connectivity index is 1.47. The van der Waals surface area contributed by atoms with Crippen LogP contribution >= 0.6 is 34.5 Å². The number of nitrogens with one attached hydrogen (secondary N) is 1. The molecule has 1 saturated carbocycles. The molecule has 2 aromatic carbocycles. The van der Waals surface area contributed by atoms with E-state index in [4.69, 9.17) is 37.8 Å². The highest BCUT2D eigenvalue weighted by Gasteiger charge is 2.19. The van der Waals surface area contributed by atoms with Gasteiger partial charge in [-0.05, 0) is 49.1 Å². The fraction of sp³-hybridized carbons (Fsp3) is 0.296. The van der Waals surface area contributed by atoms with Gasteiger partial charge >= 0.3 is 5.97 Å². The Kier molecular flexibility index (Phi) is 9.25. The molecule has 0 unspecified atom stereocenters. The number of halogens is 3. The van der Waals surface area contributed by atoms with Gasteiger partial charge in [-0.3, -0.25) is 10.1 Å². The van der Waals surface area contributed by atoms with Crippen LogP contribution in [-0.2, 0) is 9.53 Å². The molecule has 0 saturated heterocycles. The van der Waals surface area contributed by atoms with Crippen LogP contribution in [0.2, 0.25) is 10.0 Å². The molecule has 4 rings (SSSR count). The molecule has 1 heterocycles. The topological polar surface area (TPSA) is 97.8 Å². The number of thiazole rings is 1. The van der Waals surface area contributed by atoms with Gasteiger partial charge in [-0.15, -0.1) is 11.3 Å². The summed E-state index contributed by atoms with van der Waals surface area (Å²) >= 11 is 13.6. The summed E-state index contributed by atoms with van der Waals surface area (Å²) in [5.74, 6) is -2.06. The molecule has 1 aliphatic carbocycles. The second-order valence-electron chi connectivity index (χ2n) is 8.80. The molecule has 1 aromatic heterocycles. The third kappa shape index (κ3) is 6.64. The predicted molar refractivity (Wildman–Crippen MR) is 147 cm³/mol. The zero-order valence-corrected chi connectivity index (χ0v) is 22.8. The number of aromatic nitrogens is 1. The summed E-state index contributed by atoms with van der Waals surface area (Å²) in [5, 5.41) is 13.8. The summed E-state index contributed by atoms with van der Waals surface area (Å²) < 4.78 is 25.8. The number of carbonyl (C=O) groups excluding carboxylic acids is 1. The number of rotatable bonds is 9. The number of aliphatic carboxylic acids is 1. The van der Waals surface area contributed by atoms with E-state index in [-0.39, 0.29) is 43.4 Å².